The van der Waals surface area contributed by atoms with Crippen LogP contribution in [0.4, 0.5) is 4.79 Å². The fourth-order valence-electron chi connectivity index (χ4n) is 4.18. The van der Waals surface area contributed by atoms with Gasteiger partial charge in [-0.3, -0.25) is 4.79 Å². The van der Waals surface area contributed by atoms with Crippen molar-refractivity contribution < 1.29 is 33.4 Å². The van der Waals surface area contributed by atoms with Crippen molar-refractivity contribution in [1.82, 2.24) is 10.6 Å². The van der Waals surface area contributed by atoms with Gasteiger partial charge in [-0.15, -0.1) is 0 Å². The van der Waals surface area contributed by atoms with Gasteiger partial charge < -0.3 is 24.8 Å². The summed E-state index contributed by atoms with van der Waals surface area (Å²) in [5.41, 5.74) is 4.70. The minimum absolute atomic E-state index is 0.105. The fourth-order valence-corrected chi connectivity index (χ4v) is 4.18. The minimum Gasteiger partial charge on any atom is -0.467 e. The molecule has 1 aliphatic carbocycles. The first-order chi connectivity index (χ1) is 18.0. The summed E-state index contributed by atoms with van der Waals surface area (Å²) in [6, 6.07) is 23.0. The lowest BCUT2D eigenvalue weighted by Gasteiger charge is -2.17. The van der Waals surface area contributed by atoms with Crippen LogP contribution in [0, 0.1) is 0 Å². The van der Waals surface area contributed by atoms with Gasteiger partial charge in [-0.1, -0.05) is 66.7 Å². The molecule has 0 unspecified atom stereocenters. The van der Waals surface area contributed by atoms with E-state index in [0.29, 0.717) is 5.56 Å². The molecule has 0 saturated heterocycles. The van der Waals surface area contributed by atoms with Crippen LogP contribution < -0.4 is 10.6 Å². The van der Waals surface area contributed by atoms with Crippen LogP contribution >= 0.6 is 0 Å². The highest BCUT2D eigenvalue weighted by Crippen LogP contribution is 2.44. The van der Waals surface area contributed by atoms with Crippen LogP contribution in [0.25, 0.3) is 11.1 Å². The van der Waals surface area contributed by atoms with Gasteiger partial charge in [-0.2, -0.15) is 0 Å². The molecule has 3 aromatic carbocycles. The number of carbonyl (C=O) groups is 4. The second-order valence-corrected chi connectivity index (χ2v) is 8.28. The van der Waals surface area contributed by atoms with E-state index in [2.05, 4.69) is 10.6 Å². The Balaban J connectivity index is 1.25. The Hall–Kier alpha value is -4.66. The van der Waals surface area contributed by atoms with E-state index in [-0.39, 0.29) is 19.1 Å². The number of hydrogen-bond acceptors (Lipinski definition) is 7. The predicted octanol–water partition coefficient (Wildman–Crippen LogP) is 3.04. The molecule has 37 heavy (non-hydrogen) atoms. The van der Waals surface area contributed by atoms with Crippen LogP contribution in [0.5, 0.6) is 0 Å². The fraction of sp³-hybridized carbons (Fsp3) is 0.214. The highest BCUT2D eigenvalue weighted by molar-refractivity contribution is 5.96. The predicted molar refractivity (Wildman–Crippen MR) is 134 cm³/mol. The Kier molecular flexibility index (Phi) is 8.15. The van der Waals surface area contributed by atoms with E-state index >= 15 is 0 Å². The quantitative estimate of drug-likeness (QED) is 0.341. The molecule has 2 N–H and O–H groups in total. The van der Waals surface area contributed by atoms with Gasteiger partial charge in [-0.05, 0) is 34.4 Å². The maximum absolute atomic E-state index is 12.3. The van der Waals surface area contributed by atoms with Crippen molar-refractivity contribution in [3.8, 4) is 11.1 Å². The van der Waals surface area contributed by atoms with E-state index in [4.69, 9.17) is 14.2 Å². The summed E-state index contributed by atoms with van der Waals surface area (Å²) in [7, 11) is 1.17. The first kappa shape index (κ1) is 25.4. The number of nitrogens with one attached hydrogen (secondary N) is 2. The maximum atomic E-state index is 12.3. The van der Waals surface area contributed by atoms with Crippen molar-refractivity contribution in [2.45, 2.75) is 12.0 Å². The zero-order valence-corrected chi connectivity index (χ0v) is 20.1. The van der Waals surface area contributed by atoms with Gasteiger partial charge in [-0.25, -0.2) is 14.4 Å². The number of hydrogen-bond donors (Lipinski definition) is 2. The zero-order chi connectivity index (χ0) is 26.2. The lowest BCUT2D eigenvalue weighted by Crippen LogP contribution is -2.49. The number of ether oxygens (including phenoxy) is 3. The van der Waals surface area contributed by atoms with E-state index in [1.165, 1.54) is 7.11 Å². The molecule has 1 aliphatic rings. The molecule has 1 atom stereocenters. The Morgan fingerprint density at radius 2 is 1.41 bits per heavy atom. The molecule has 190 valence electrons. The second-order valence-electron chi connectivity index (χ2n) is 8.28. The number of esters is 2. The standard InChI is InChI=1S/C28H26N2O7/c1-35-27(33)24(30-26(32)18-9-3-2-4-10-18)15-29-28(34)37-17-25(31)36-16-23-21-13-7-5-11-19(21)20-12-6-8-14-22(20)23/h2-14,23-24H,15-17H2,1H3,(H,29,34)(H,30,32)/t24-/m0/s1. The number of methoxy groups -OCH3 is 1. The van der Waals surface area contributed by atoms with E-state index in [1.807, 2.05) is 48.5 Å². The molecule has 0 spiro atoms. The average Bonchev–Trinajstić information content (AvgIpc) is 3.26. The van der Waals surface area contributed by atoms with Gasteiger partial charge in [0.2, 0.25) is 0 Å². The van der Waals surface area contributed by atoms with Crippen LogP contribution in [-0.4, -0.2) is 56.8 Å². The van der Waals surface area contributed by atoms with Gasteiger partial charge in [0.25, 0.3) is 5.91 Å². The van der Waals surface area contributed by atoms with Crippen molar-refractivity contribution >= 4 is 23.9 Å². The smallest absolute Gasteiger partial charge is 0.407 e. The minimum atomic E-state index is -1.15. The maximum Gasteiger partial charge on any atom is 0.407 e. The second kappa shape index (κ2) is 11.9. The van der Waals surface area contributed by atoms with Crippen LogP contribution in [-0.2, 0) is 23.8 Å². The molecule has 4 rings (SSSR count). The van der Waals surface area contributed by atoms with Crippen molar-refractivity contribution in [2.75, 3.05) is 26.9 Å². The SMILES string of the molecule is COC(=O)[C@H](CNC(=O)OCC(=O)OCC1c2ccccc2-c2ccccc21)NC(=O)c1ccccc1. The third-order valence-electron chi connectivity index (χ3n) is 5.97. The van der Waals surface area contributed by atoms with Crippen molar-refractivity contribution in [1.29, 1.82) is 0 Å². The Labute approximate surface area is 213 Å². The number of alkyl carbamates (subject to hydrolysis) is 1. The summed E-state index contributed by atoms with van der Waals surface area (Å²) < 4.78 is 15.0. The van der Waals surface area contributed by atoms with Crippen LogP contribution in [0.2, 0.25) is 0 Å². The van der Waals surface area contributed by atoms with Gasteiger partial charge in [0.15, 0.2) is 6.61 Å². The van der Waals surface area contributed by atoms with Crippen LogP contribution in [0.15, 0.2) is 78.9 Å². The molecule has 9 nitrogen and oxygen atoms in total. The summed E-state index contributed by atoms with van der Waals surface area (Å²) in [6.45, 7) is -0.802. The highest BCUT2D eigenvalue weighted by Gasteiger charge is 2.29. The summed E-state index contributed by atoms with van der Waals surface area (Å²) in [5, 5.41) is 4.85. The Bertz CT molecular complexity index is 1250. The van der Waals surface area contributed by atoms with Gasteiger partial charge in [0.1, 0.15) is 12.6 Å². The molecule has 0 saturated carbocycles. The van der Waals surface area contributed by atoms with E-state index < -0.39 is 36.6 Å². The molecule has 3 aromatic rings. The van der Waals surface area contributed by atoms with Gasteiger partial charge in [0, 0.05) is 11.5 Å². The molecular weight excluding hydrogens is 476 g/mol. The summed E-state index contributed by atoms with van der Waals surface area (Å²) in [4.78, 5) is 48.8. The van der Waals surface area contributed by atoms with Crippen molar-refractivity contribution in [3.63, 3.8) is 0 Å². The molecule has 0 fully saturated rings. The monoisotopic (exact) mass is 502 g/mol. The number of carbonyl (C=O) groups excluding carboxylic acids is 4. The Morgan fingerprint density at radius 1 is 0.811 bits per heavy atom. The van der Waals surface area contributed by atoms with E-state index in [1.54, 1.807) is 30.3 Å². The third kappa shape index (κ3) is 6.13. The molecule has 9 heteroatoms. The third-order valence-corrected chi connectivity index (χ3v) is 5.97. The van der Waals surface area contributed by atoms with E-state index in [9.17, 15) is 19.2 Å². The molecule has 0 aliphatic heterocycles. The van der Waals surface area contributed by atoms with Crippen LogP contribution in [0.3, 0.4) is 0 Å². The molecule has 0 bridgehead atoms. The van der Waals surface area contributed by atoms with Gasteiger partial charge in [0.05, 0.1) is 13.7 Å². The topological polar surface area (TPSA) is 120 Å². The summed E-state index contributed by atoms with van der Waals surface area (Å²) in [5.74, 6) is -2.08. The summed E-state index contributed by atoms with van der Waals surface area (Å²) >= 11 is 0. The average molecular weight is 503 g/mol. The van der Waals surface area contributed by atoms with Gasteiger partial charge >= 0.3 is 18.0 Å². The first-order valence-electron chi connectivity index (χ1n) is 11.7. The zero-order valence-electron chi connectivity index (χ0n) is 20.1. The Morgan fingerprint density at radius 3 is 2.03 bits per heavy atom. The van der Waals surface area contributed by atoms with Crippen molar-refractivity contribution in [2.24, 2.45) is 0 Å². The number of rotatable bonds is 9. The number of fused-ring (bicyclic) bond motifs is 3. The lowest BCUT2D eigenvalue weighted by atomic mass is 9.98. The molecule has 0 aromatic heterocycles. The van der Waals surface area contributed by atoms with E-state index in [0.717, 1.165) is 22.3 Å². The van der Waals surface area contributed by atoms with Crippen LogP contribution in [0.1, 0.15) is 27.4 Å². The summed E-state index contributed by atoms with van der Waals surface area (Å²) in [6.07, 6.45) is -0.948. The molecule has 2 amide bonds. The molecule has 0 radical (unpaired) electrons. The highest BCUT2D eigenvalue weighted by atomic mass is 16.6. The van der Waals surface area contributed by atoms with Crippen molar-refractivity contribution in [3.05, 3.63) is 95.6 Å². The normalized spacial score (nSPS) is 12.5. The molecule has 0 heterocycles. The largest absolute Gasteiger partial charge is 0.467 e. The number of benzene rings is 3. The first-order valence-corrected chi connectivity index (χ1v) is 11.7. The lowest BCUT2D eigenvalue weighted by molar-refractivity contribution is -0.147. The number of amides is 2. The molecular formula is C28H26N2O7.